The molecule has 0 radical (unpaired) electrons. The number of methoxy groups -OCH3 is 1. The Morgan fingerprint density at radius 1 is 1.13 bits per heavy atom. The van der Waals surface area contributed by atoms with Gasteiger partial charge in [0.05, 0.1) is 19.1 Å². The van der Waals surface area contributed by atoms with E-state index in [1.54, 1.807) is 17.6 Å². The van der Waals surface area contributed by atoms with E-state index < -0.39 is 28.4 Å². The van der Waals surface area contributed by atoms with Crippen molar-refractivity contribution in [3.05, 3.63) is 35.4 Å². The van der Waals surface area contributed by atoms with Crippen molar-refractivity contribution in [1.82, 2.24) is 5.48 Å². The molecule has 0 heterocycles. The van der Waals surface area contributed by atoms with Gasteiger partial charge in [0.1, 0.15) is 6.61 Å². The highest BCUT2D eigenvalue weighted by atomic mass is 35.6. The first-order valence-corrected chi connectivity index (χ1v) is 7.21. The van der Waals surface area contributed by atoms with Crippen LogP contribution in [0.2, 0.25) is 0 Å². The number of hydroxylamine groups is 1. The monoisotopic (exact) mass is 383 g/mol. The van der Waals surface area contributed by atoms with Gasteiger partial charge in [0, 0.05) is 0 Å². The van der Waals surface area contributed by atoms with Crippen molar-refractivity contribution in [1.29, 1.82) is 0 Å². The van der Waals surface area contributed by atoms with Crippen LogP contribution < -0.4 is 5.48 Å². The summed E-state index contributed by atoms with van der Waals surface area (Å²) >= 11 is 16.1. The van der Waals surface area contributed by atoms with E-state index in [2.05, 4.69) is 14.3 Å². The third-order valence-electron chi connectivity index (χ3n) is 2.34. The van der Waals surface area contributed by atoms with Crippen molar-refractivity contribution >= 4 is 52.8 Å². The lowest BCUT2D eigenvalue weighted by Crippen LogP contribution is -2.30. The largest absolute Gasteiger partial charge is 0.465 e. The zero-order valence-electron chi connectivity index (χ0n) is 11.8. The number of ether oxygens (including phenoxy) is 2. The second kappa shape index (κ2) is 8.81. The molecule has 0 unspecified atom stereocenters. The number of nitrogens with one attached hydrogen (secondary N) is 1. The van der Waals surface area contributed by atoms with E-state index in [-0.39, 0.29) is 6.42 Å². The number of halogens is 3. The molecule has 0 spiro atoms. The second-order valence-electron chi connectivity index (χ2n) is 4.13. The van der Waals surface area contributed by atoms with Crippen molar-refractivity contribution in [2.45, 2.75) is 10.2 Å². The van der Waals surface area contributed by atoms with Gasteiger partial charge in [-0.05, 0) is 17.7 Å². The van der Waals surface area contributed by atoms with Crippen LogP contribution in [-0.4, -0.2) is 35.5 Å². The van der Waals surface area contributed by atoms with Crippen LogP contribution in [0.5, 0.6) is 0 Å². The van der Waals surface area contributed by atoms with Crippen LogP contribution >= 0.6 is 34.8 Å². The molecule has 0 bridgehead atoms. The maximum absolute atomic E-state index is 11.5. The highest BCUT2D eigenvalue weighted by molar-refractivity contribution is 6.67. The van der Waals surface area contributed by atoms with Crippen LogP contribution in [0.4, 0.5) is 4.79 Å². The molecule has 0 saturated carbocycles. The Morgan fingerprint density at radius 3 is 2.26 bits per heavy atom. The number of carbonyl (C=O) groups is 3. The molecule has 0 atom stereocenters. The van der Waals surface area contributed by atoms with E-state index in [1.165, 1.54) is 19.2 Å². The zero-order chi connectivity index (χ0) is 17.5. The maximum Gasteiger partial charge on any atom is 0.440 e. The summed E-state index contributed by atoms with van der Waals surface area (Å²) in [5, 5.41) is 0. The molecule has 1 N–H and O–H groups in total. The van der Waals surface area contributed by atoms with Gasteiger partial charge in [0.15, 0.2) is 0 Å². The summed E-state index contributed by atoms with van der Waals surface area (Å²) in [5.41, 5.74) is 2.67. The lowest BCUT2D eigenvalue weighted by atomic mass is 10.1. The van der Waals surface area contributed by atoms with Crippen molar-refractivity contribution < 1.29 is 28.7 Å². The van der Waals surface area contributed by atoms with E-state index in [1.807, 2.05) is 0 Å². The zero-order valence-corrected chi connectivity index (χ0v) is 14.1. The lowest BCUT2D eigenvalue weighted by Gasteiger charge is -2.11. The molecule has 126 valence electrons. The van der Waals surface area contributed by atoms with Gasteiger partial charge in [-0.15, -0.1) is 5.48 Å². The van der Waals surface area contributed by atoms with Crippen LogP contribution in [-0.2, 0) is 25.5 Å². The van der Waals surface area contributed by atoms with Gasteiger partial charge in [-0.2, -0.15) is 0 Å². The van der Waals surface area contributed by atoms with Gasteiger partial charge in [-0.25, -0.2) is 14.4 Å². The molecule has 7 nitrogen and oxygen atoms in total. The van der Waals surface area contributed by atoms with Crippen molar-refractivity contribution in [3.8, 4) is 0 Å². The average molecular weight is 385 g/mol. The molecule has 0 aromatic heterocycles. The Hall–Kier alpha value is -1.70. The number of rotatable bonds is 4. The molecule has 1 aromatic carbocycles. The Labute approximate surface area is 146 Å². The molecule has 0 aliphatic heterocycles. The van der Waals surface area contributed by atoms with Crippen molar-refractivity contribution in [3.63, 3.8) is 0 Å². The number of esters is 1. The fourth-order valence-electron chi connectivity index (χ4n) is 1.35. The SMILES string of the molecule is COC(=O)c1ccc(CC(=O)ONC(=O)OCC(Cl)(Cl)Cl)cc1. The molecular weight excluding hydrogens is 373 g/mol. The van der Waals surface area contributed by atoms with Gasteiger partial charge in [0.25, 0.3) is 0 Å². The highest BCUT2D eigenvalue weighted by Gasteiger charge is 2.22. The molecule has 0 aliphatic rings. The third-order valence-corrected chi connectivity index (χ3v) is 2.67. The number of alkyl halides is 3. The quantitative estimate of drug-likeness (QED) is 0.371. The van der Waals surface area contributed by atoms with Crippen LogP contribution in [0.1, 0.15) is 15.9 Å². The van der Waals surface area contributed by atoms with E-state index in [4.69, 9.17) is 34.8 Å². The van der Waals surface area contributed by atoms with Gasteiger partial charge in [-0.3, -0.25) is 0 Å². The van der Waals surface area contributed by atoms with Crippen molar-refractivity contribution in [2.24, 2.45) is 0 Å². The van der Waals surface area contributed by atoms with Gasteiger partial charge in [0.2, 0.25) is 3.79 Å². The minimum atomic E-state index is -1.76. The Kier molecular flexibility index (Phi) is 7.41. The molecule has 0 fully saturated rings. The Bertz CT molecular complexity index is 570. The first kappa shape index (κ1) is 19.3. The second-order valence-corrected chi connectivity index (χ2v) is 6.65. The normalized spacial score (nSPS) is 10.6. The number of amides is 1. The van der Waals surface area contributed by atoms with Crippen molar-refractivity contribution in [2.75, 3.05) is 13.7 Å². The van der Waals surface area contributed by atoms with Crippen LogP contribution in [0.3, 0.4) is 0 Å². The van der Waals surface area contributed by atoms with Crippen LogP contribution in [0.15, 0.2) is 24.3 Å². The molecule has 1 rings (SSSR count). The molecular formula is C13H12Cl3NO6. The predicted octanol–water partition coefficient (Wildman–Crippen LogP) is 2.57. The molecule has 0 aliphatic carbocycles. The summed E-state index contributed by atoms with van der Waals surface area (Å²) in [4.78, 5) is 38.4. The minimum absolute atomic E-state index is 0.133. The smallest absolute Gasteiger partial charge is 0.440 e. The number of hydrogen-bond acceptors (Lipinski definition) is 6. The molecule has 23 heavy (non-hydrogen) atoms. The summed E-state index contributed by atoms with van der Waals surface area (Å²) in [5.74, 6) is -1.24. The standard InChI is InChI=1S/C13H12Cl3NO6/c1-21-11(19)9-4-2-8(3-5-9)6-10(18)23-17-12(20)22-7-13(14,15)16/h2-5H,6-7H2,1H3,(H,17,20). The van der Waals surface area contributed by atoms with Crippen LogP contribution in [0.25, 0.3) is 0 Å². The Balaban J connectivity index is 2.39. The summed E-state index contributed by atoms with van der Waals surface area (Å²) in [7, 11) is 1.26. The fourth-order valence-corrected chi connectivity index (χ4v) is 1.52. The Morgan fingerprint density at radius 2 is 1.74 bits per heavy atom. The molecule has 10 heteroatoms. The summed E-state index contributed by atoms with van der Waals surface area (Å²) in [6, 6.07) is 6.09. The summed E-state index contributed by atoms with van der Waals surface area (Å²) in [6.07, 6.45) is -1.21. The lowest BCUT2D eigenvalue weighted by molar-refractivity contribution is -0.148. The molecule has 0 saturated heterocycles. The minimum Gasteiger partial charge on any atom is -0.465 e. The van der Waals surface area contributed by atoms with E-state index in [0.717, 1.165) is 0 Å². The number of carbonyl (C=O) groups excluding carboxylic acids is 3. The van der Waals surface area contributed by atoms with E-state index in [0.29, 0.717) is 11.1 Å². The fraction of sp³-hybridized carbons (Fsp3) is 0.308. The van der Waals surface area contributed by atoms with E-state index >= 15 is 0 Å². The van der Waals surface area contributed by atoms with Gasteiger partial charge in [-0.1, -0.05) is 46.9 Å². The van der Waals surface area contributed by atoms with Gasteiger partial charge >= 0.3 is 18.0 Å². The predicted molar refractivity (Wildman–Crippen MR) is 82.4 cm³/mol. The third kappa shape index (κ3) is 7.92. The average Bonchev–Trinajstić information content (AvgIpc) is 2.50. The highest BCUT2D eigenvalue weighted by Crippen LogP contribution is 2.25. The number of hydrogen-bond donors (Lipinski definition) is 1. The maximum atomic E-state index is 11.5. The van der Waals surface area contributed by atoms with Gasteiger partial charge < -0.3 is 14.3 Å². The first-order valence-electron chi connectivity index (χ1n) is 6.07. The first-order chi connectivity index (χ1) is 10.7. The molecule has 1 aromatic rings. The number of benzene rings is 1. The van der Waals surface area contributed by atoms with E-state index in [9.17, 15) is 14.4 Å². The summed E-state index contributed by atoms with van der Waals surface area (Å²) < 4.78 is 7.27. The van der Waals surface area contributed by atoms with Crippen LogP contribution in [0, 0.1) is 0 Å². The summed E-state index contributed by atoms with van der Waals surface area (Å²) in [6.45, 7) is -0.504. The molecule has 1 amide bonds. The topological polar surface area (TPSA) is 90.9 Å².